The number of aromatic nitrogens is 2. The number of methoxy groups -OCH3 is 2. The van der Waals surface area contributed by atoms with Crippen LogP contribution in [-0.2, 0) is 24.3 Å². The molecule has 2 unspecified atom stereocenters. The standard InChI is InChI=1S/C29H33ClF2N3O14P/c1-43-14-3-7-16(8-4-14)47-50(42,48-17-9-5-15(44-2)6-10-17)45-13-28(26(31)32)22(39)23(40)29(49-28,35-12-11-18(33)34-27(35)41)24-20(37)19(36)21(38)25(30)46-24/h3-12,19-26,36-40H,13H2,1-2H3,(H2,33,34,41)/t19-,20-,21+,22+,23-,24?,25?,28-,29+/m1/s1. The Labute approximate surface area is 286 Å². The third-order valence-electron chi connectivity index (χ3n) is 8.11. The first-order valence-corrected chi connectivity index (χ1v) is 16.5. The van der Waals surface area contributed by atoms with Gasteiger partial charge < -0.3 is 59.3 Å². The van der Waals surface area contributed by atoms with Crippen LogP contribution < -0.4 is 29.9 Å². The molecule has 0 aliphatic carbocycles. The second kappa shape index (κ2) is 14.5. The number of aliphatic hydroxyl groups is 5. The highest BCUT2D eigenvalue weighted by Gasteiger charge is 2.73. The van der Waals surface area contributed by atoms with Crippen molar-refractivity contribution in [3.05, 3.63) is 71.3 Å². The van der Waals surface area contributed by atoms with Crippen LogP contribution in [0.25, 0.3) is 0 Å². The van der Waals surface area contributed by atoms with Crippen molar-refractivity contribution in [2.24, 2.45) is 0 Å². The minimum Gasteiger partial charge on any atom is -0.497 e. The van der Waals surface area contributed by atoms with E-state index in [-0.39, 0.29) is 17.3 Å². The second-order valence-electron chi connectivity index (χ2n) is 11.1. The van der Waals surface area contributed by atoms with E-state index in [0.29, 0.717) is 16.1 Å². The van der Waals surface area contributed by atoms with Crippen molar-refractivity contribution >= 4 is 25.2 Å². The van der Waals surface area contributed by atoms with E-state index in [1.54, 1.807) is 0 Å². The zero-order valence-corrected chi connectivity index (χ0v) is 27.7. The van der Waals surface area contributed by atoms with Gasteiger partial charge >= 0.3 is 13.5 Å². The van der Waals surface area contributed by atoms with E-state index in [9.17, 15) is 34.9 Å². The summed E-state index contributed by atoms with van der Waals surface area (Å²) < 4.78 is 82.9. The van der Waals surface area contributed by atoms with Crippen LogP contribution in [0.4, 0.5) is 14.6 Å². The molecule has 50 heavy (non-hydrogen) atoms. The summed E-state index contributed by atoms with van der Waals surface area (Å²) in [5.74, 6) is 0.112. The van der Waals surface area contributed by atoms with Crippen LogP contribution >= 0.6 is 19.4 Å². The molecule has 2 aromatic carbocycles. The van der Waals surface area contributed by atoms with Crippen molar-refractivity contribution in [2.75, 3.05) is 26.6 Å². The maximum atomic E-state index is 15.3. The van der Waals surface area contributed by atoms with Gasteiger partial charge in [0.15, 0.2) is 11.2 Å². The van der Waals surface area contributed by atoms with E-state index in [1.807, 2.05) is 0 Å². The third-order valence-corrected chi connectivity index (χ3v) is 9.79. The molecule has 0 saturated carbocycles. The monoisotopic (exact) mass is 751 g/mol. The number of hydrogen-bond acceptors (Lipinski definition) is 16. The lowest BCUT2D eigenvalue weighted by atomic mass is 9.86. The van der Waals surface area contributed by atoms with Crippen LogP contribution in [0.2, 0.25) is 0 Å². The Kier molecular flexibility index (Phi) is 10.9. The summed E-state index contributed by atoms with van der Waals surface area (Å²) in [6, 6.07) is 11.9. The lowest BCUT2D eigenvalue weighted by Gasteiger charge is -2.48. The van der Waals surface area contributed by atoms with Gasteiger partial charge in [-0.1, -0.05) is 11.6 Å². The number of hydrogen-bond donors (Lipinski definition) is 6. The van der Waals surface area contributed by atoms with Gasteiger partial charge in [0.2, 0.25) is 5.72 Å². The molecular formula is C29H33ClF2N3O14P. The number of alkyl halides is 3. The Bertz CT molecular complexity index is 1690. The van der Waals surface area contributed by atoms with Crippen molar-refractivity contribution < 1.29 is 71.4 Å². The van der Waals surface area contributed by atoms with Gasteiger partial charge in [0, 0.05) is 6.20 Å². The molecule has 17 nitrogen and oxygen atoms in total. The summed E-state index contributed by atoms with van der Waals surface area (Å²) in [5, 5.41) is 54.6. The number of halogens is 3. The Morgan fingerprint density at radius 3 is 1.90 bits per heavy atom. The second-order valence-corrected chi connectivity index (χ2v) is 13.1. The maximum Gasteiger partial charge on any atom is 0.587 e. The average molecular weight is 752 g/mol. The van der Waals surface area contributed by atoms with E-state index in [1.165, 1.54) is 62.8 Å². The number of phosphoric acid groups is 1. The fraction of sp³-hybridized carbons (Fsp3) is 0.448. The molecule has 0 radical (unpaired) electrons. The van der Waals surface area contributed by atoms with Crippen LogP contribution in [0.5, 0.6) is 23.0 Å². The van der Waals surface area contributed by atoms with Crippen LogP contribution in [-0.4, -0.2) is 110 Å². The number of ether oxygens (including phenoxy) is 4. The first kappa shape index (κ1) is 37.6. The molecule has 3 heterocycles. The third kappa shape index (κ3) is 6.85. The molecule has 2 saturated heterocycles. The lowest BCUT2D eigenvalue weighted by Crippen LogP contribution is -2.68. The average Bonchev–Trinajstić information content (AvgIpc) is 3.32. The van der Waals surface area contributed by atoms with Gasteiger partial charge in [0.25, 0.3) is 6.43 Å². The Balaban J connectivity index is 1.58. The summed E-state index contributed by atoms with van der Waals surface area (Å²) in [7, 11) is -2.27. The molecule has 0 amide bonds. The Morgan fingerprint density at radius 2 is 1.42 bits per heavy atom. The predicted octanol–water partition coefficient (Wildman–Crippen LogP) is 0.580. The fourth-order valence-electron chi connectivity index (χ4n) is 5.47. The zero-order valence-electron chi connectivity index (χ0n) is 26.1. The van der Waals surface area contributed by atoms with E-state index in [4.69, 9.17) is 49.9 Å². The molecule has 21 heteroatoms. The largest absolute Gasteiger partial charge is 0.587 e. The molecular weight excluding hydrogens is 719 g/mol. The van der Waals surface area contributed by atoms with E-state index >= 15 is 8.78 Å². The molecule has 7 N–H and O–H groups in total. The highest BCUT2D eigenvalue weighted by Crippen LogP contribution is 2.55. The zero-order chi connectivity index (χ0) is 36.6. The number of nitrogen functional groups attached to an aromatic ring is 1. The van der Waals surface area contributed by atoms with Crippen LogP contribution in [0, 0.1) is 0 Å². The fourth-order valence-corrected chi connectivity index (χ4v) is 6.99. The van der Waals surface area contributed by atoms with E-state index < -0.39 is 80.1 Å². The molecule has 2 fully saturated rings. The van der Waals surface area contributed by atoms with Crippen molar-refractivity contribution in [3.8, 4) is 23.0 Å². The number of anilines is 1. The van der Waals surface area contributed by atoms with Crippen molar-refractivity contribution in [1.82, 2.24) is 9.55 Å². The first-order valence-electron chi connectivity index (χ1n) is 14.6. The van der Waals surface area contributed by atoms with Gasteiger partial charge in [-0.25, -0.2) is 18.1 Å². The molecule has 1 aromatic heterocycles. The van der Waals surface area contributed by atoms with Gasteiger partial charge in [-0.3, -0.25) is 9.09 Å². The van der Waals surface area contributed by atoms with E-state index in [0.717, 1.165) is 12.3 Å². The molecule has 0 bridgehead atoms. The van der Waals surface area contributed by atoms with Gasteiger partial charge in [0.05, 0.1) is 20.8 Å². The Morgan fingerprint density at radius 1 is 0.900 bits per heavy atom. The summed E-state index contributed by atoms with van der Waals surface area (Å²) in [4.78, 5) is 16.7. The van der Waals surface area contributed by atoms with Crippen molar-refractivity contribution in [1.29, 1.82) is 0 Å². The van der Waals surface area contributed by atoms with Crippen molar-refractivity contribution in [2.45, 2.75) is 59.9 Å². The molecule has 3 aromatic rings. The van der Waals surface area contributed by atoms with Gasteiger partial charge in [-0.15, -0.1) is 0 Å². The normalized spacial score (nSPS) is 31.4. The van der Waals surface area contributed by atoms with E-state index in [2.05, 4.69) is 4.98 Å². The summed E-state index contributed by atoms with van der Waals surface area (Å²) in [5.41, 5.74) is -4.15. The molecule has 274 valence electrons. The molecule has 9 atom stereocenters. The minimum absolute atomic E-state index is 0.144. The van der Waals surface area contributed by atoms with Crippen LogP contribution in [0.3, 0.4) is 0 Å². The highest BCUT2D eigenvalue weighted by atomic mass is 35.5. The quantitative estimate of drug-likeness (QED) is 0.110. The predicted molar refractivity (Wildman–Crippen MR) is 166 cm³/mol. The minimum atomic E-state index is -5.05. The van der Waals surface area contributed by atoms with Crippen molar-refractivity contribution in [3.63, 3.8) is 0 Å². The first-order chi connectivity index (χ1) is 23.6. The maximum absolute atomic E-state index is 15.3. The molecule has 5 rings (SSSR count). The molecule has 0 spiro atoms. The summed E-state index contributed by atoms with van der Waals surface area (Å²) >= 11 is 6.02. The van der Waals surface area contributed by atoms with Gasteiger partial charge in [-0.05, 0) is 54.6 Å². The number of nitrogens with two attached hydrogens (primary N) is 1. The summed E-state index contributed by atoms with van der Waals surface area (Å²) in [6.07, 6.45) is -17.0. The smallest absolute Gasteiger partial charge is 0.497 e. The highest BCUT2D eigenvalue weighted by molar-refractivity contribution is 7.49. The topological polar surface area (TPSA) is 244 Å². The number of rotatable bonds is 12. The molecule has 2 aliphatic rings. The lowest BCUT2D eigenvalue weighted by molar-refractivity contribution is -0.315. The number of benzene rings is 2. The SMILES string of the molecule is COc1ccc(OP(=O)(OC[C@@]2(C(F)F)O[C@@](C3OC(Cl)[C@@H](O)[C@H](O)[C@H]3O)(n3ccc(N)nc3=O)[C@H](O)[C@@H]2O)Oc2ccc(OC)cc2)cc1. The van der Waals surface area contributed by atoms with Crippen LogP contribution in [0.15, 0.2) is 65.6 Å². The van der Waals surface area contributed by atoms with Gasteiger partial charge in [0.1, 0.15) is 65.4 Å². The van der Waals surface area contributed by atoms with Gasteiger partial charge in [-0.2, -0.15) is 4.98 Å². The number of phosphoric ester groups is 1. The Hall–Kier alpha value is -3.62. The molecule has 2 aliphatic heterocycles. The number of aliphatic hydroxyl groups excluding tert-OH is 5. The summed E-state index contributed by atoms with van der Waals surface area (Å²) in [6.45, 7) is -1.58. The van der Waals surface area contributed by atoms with Crippen LogP contribution in [0.1, 0.15) is 0 Å². The number of nitrogens with zero attached hydrogens (tertiary/aromatic N) is 2.